The van der Waals surface area contributed by atoms with Crippen molar-refractivity contribution in [3.63, 3.8) is 0 Å². The van der Waals surface area contributed by atoms with Gasteiger partial charge in [-0.2, -0.15) is 0 Å². The summed E-state index contributed by atoms with van der Waals surface area (Å²) in [5.74, 6) is 1.77. The quantitative estimate of drug-likeness (QED) is 0.864. The van der Waals surface area contributed by atoms with Crippen molar-refractivity contribution in [3.05, 3.63) is 24.0 Å². The van der Waals surface area contributed by atoms with E-state index in [2.05, 4.69) is 10.3 Å². The Bertz CT molecular complexity index is 664. The Hall–Kier alpha value is -1.75. The molecule has 1 aromatic carbocycles. The number of amides is 1. The van der Waals surface area contributed by atoms with Gasteiger partial charge in [0.25, 0.3) is 0 Å². The van der Waals surface area contributed by atoms with Gasteiger partial charge < -0.3 is 14.6 Å². The number of aromatic nitrogens is 2. The average Bonchev–Trinajstić information content (AvgIpc) is 2.82. The summed E-state index contributed by atoms with van der Waals surface area (Å²) in [6.07, 6.45) is 0. The molecule has 0 fully saturated rings. The Morgan fingerprint density at radius 2 is 2.19 bits per heavy atom. The third-order valence-corrected chi connectivity index (χ3v) is 3.79. The first-order valence-electron chi connectivity index (χ1n) is 6.74. The summed E-state index contributed by atoms with van der Waals surface area (Å²) in [7, 11) is 3.26. The maximum Gasteiger partial charge on any atom is 0.227 e. The first kappa shape index (κ1) is 15.6. The SMILES string of the molecule is CNC(=O)C(C)(C)Cn1c(CCl)nc2ccc(OC)cc21. The molecule has 0 unspecified atom stereocenters. The lowest BCUT2D eigenvalue weighted by Gasteiger charge is -2.24. The summed E-state index contributed by atoms with van der Waals surface area (Å²) in [5.41, 5.74) is 1.20. The maximum absolute atomic E-state index is 12.0. The molecule has 114 valence electrons. The number of benzene rings is 1. The molecule has 5 nitrogen and oxygen atoms in total. The normalized spacial score (nSPS) is 11.7. The molecule has 1 amide bonds. The van der Waals surface area contributed by atoms with Gasteiger partial charge in [-0.3, -0.25) is 4.79 Å². The van der Waals surface area contributed by atoms with Crippen molar-refractivity contribution in [2.75, 3.05) is 14.2 Å². The van der Waals surface area contributed by atoms with Gasteiger partial charge in [-0.25, -0.2) is 4.98 Å². The molecule has 2 aromatic rings. The van der Waals surface area contributed by atoms with Crippen molar-refractivity contribution in [2.45, 2.75) is 26.3 Å². The first-order valence-corrected chi connectivity index (χ1v) is 7.27. The number of rotatable bonds is 5. The third kappa shape index (κ3) is 2.97. The van der Waals surface area contributed by atoms with Crippen molar-refractivity contribution in [1.82, 2.24) is 14.9 Å². The zero-order chi connectivity index (χ0) is 15.6. The Morgan fingerprint density at radius 3 is 2.76 bits per heavy atom. The number of hydrogen-bond donors (Lipinski definition) is 1. The average molecular weight is 310 g/mol. The summed E-state index contributed by atoms with van der Waals surface area (Å²) < 4.78 is 7.25. The number of nitrogens with one attached hydrogen (secondary N) is 1. The van der Waals surface area contributed by atoms with Crippen LogP contribution in [0.2, 0.25) is 0 Å². The van der Waals surface area contributed by atoms with Crippen molar-refractivity contribution in [2.24, 2.45) is 5.41 Å². The number of fused-ring (bicyclic) bond motifs is 1. The van der Waals surface area contributed by atoms with Gasteiger partial charge in [0, 0.05) is 19.7 Å². The van der Waals surface area contributed by atoms with Gasteiger partial charge in [-0.15, -0.1) is 11.6 Å². The van der Waals surface area contributed by atoms with E-state index in [1.807, 2.05) is 36.6 Å². The number of imidazole rings is 1. The predicted molar refractivity (Wildman–Crippen MR) is 83.7 cm³/mol. The number of hydrogen-bond acceptors (Lipinski definition) is 3. The summed E-state index contributed by atoms with van der Waals surface area (Å²) in [4.78, 5) is 16.5. The zero-order valence-electron chi connectivity index (χ0n) is 12.7. The second-order valence-corrected chi connectivity index (χ2v) is 5.83. The Labute approximate surface area is 129 Å². The molecule has 0 aliphatic rings. The van der Waals surface area contributed by atoms with E-state index in [4.69, 9.17) is 16.3 Å². The monoisotopic (exact) mass is 309 g/mol. The third-order valence-electron chi connectivity index (χ3n) is 3.55. The van der Waals surface area contributed by atoms with Crippen LogP contribution in [0.25, 0.3) is 11.0 Å². The number of nitrogens with zero attached hydrogens (tertiary/aromatic N) is 2. The summed E-state index contributed by atoms with van der Waals surface area (Å²) in [6, 6.07) is 5.67. The molecular formula is C15H20ClN3O2. The highest BCUT2D eigenvalue weighted by atomic mass is 35.5. The smallest absolute Gasteiger partial charge is 0.227 e. The number of carbonyl (C=O) groups excluding carboxylic acids is 1. The largest absolute Gasteiger partial charge is 0.497 e. The fourth-order valence-corrected chi connectivity index (χ4v) is 2.57. The van der Waals surface area contributed by atoms with Crippen molar-refractivity contribution in [3.8, 4) is 5.75 Å². The van der Waals surface area contributed by atoms with Gasteiger partial charge in [0.2, 0.25) is 5.91 Å². The van der Waals surface area contributed by atoms with Crippen molar-refractivity contribution >= 4 is 28.5 Å². The van der Waals surface area contributed by atoms with Gasteiger partial charge in [0.05, 0.1) is 29.4 Å². The van der Waals surface area contributed by atoms with Gasteiger partial charge in [0.1, 0.15) is 11.6 Å². The minimum Gasteiger partial charge on any atom is -0.497 e. The highest BCUT2D eigenvalue weighted by Gasteiger charge is 2.29. The first-order chi connectivity index (χ1) is 9.92. The summed E-state index contributed by atoms with van der Waals surface area (Å²) in [6.45, 7) is 4.30. The second kappa shape index (κ2) is 5.93. The van der Waals surface area contributed by atoms with Crippen LogP contribution in [0.5, 0.6) is 5.75 Å². The van der Waals surface area contributed by atoms with Gasteiger partial charge in [0.15, 0.2) is 0 Å². The lowest BCUT2D eigenvalue weighted by molar-refractivity contribution is -0.129. The highest BCUT2D eigenvalue weighted by Crippen LogP contribution is 2.27. The van der Waals surface area contributed by atoms with E-state index in [-0.39, 0.29) is 5.91 Å². The van der Waals surface area contributed by atoms with Crippen LogP contribution in [0, 0.1) is 5.41 Å². The van der Waals surface area contributed by atoms with Crippen LogP contribution in [0.3, 0.4) is 0 Å². The van der Waals surface area contributed by atoms with Crippen LogP contribution in [0.4, 0.5) is 0 Å². The molecule has 0 radical (unpaired) electrons. The van der Waals surface area contributed by atoms with Crippen LogP contribution < -0.4 is 10.1 Å². The lowest BCUT2D eigenvalue weighted by atomic mass is 9.92. The molecule has 2 rings (SSSR count). The number of alkyl halides is 1. The van der Waals surface area contributed by atoms with Crippen LogP contribution >= 0.6 is 11.6 Å². The molecule has 0 saturated carbocycles. The maximum atomic E-state index is 12.0. The molecule has 21 heavy (non-hydrogen) atoms. The topological polar surface area (TPSA) is 56.2 Å². The molecule has 1 aromatic heterocycles. The van der Waals surface area contributed by atoms with E-state index >= 15 is 0 Å². The molecule has 0 aliphatic heterocycles. The highest BCUT2D eigenvalue weighted by molar-refractivity contribution is 6.16. The molecular weight excluding hydrogens is 290 g/mol. The standard InChI is InChI=1S/C15H20ClN3O2/c1-15(2,14(20)17-3)9-19-12-7-10(21-4)5-6-11(12)18-13(19)8-16/h5-7H,8-9H2,1-4H3,(H,17,20). The molecule has 0 aliphatic carbocycles. The molecule has 1 N–H and O–H groups in total. The van der Waals surface area contributed by atoms with Crippen LogP contribution in [0.15, 0.2) is 18.2 Å². The van der Waals surface area contributed by atoms with Crippen LogP contribution in [-0.4, -0.2) is 29.6 Å². The number of halogens is 1. The Balaban J connectivity index is 2.52. The number of carbonyl (C=O) groups is 1. The van der Waals surface area contributed by atoms with E-state index in [1.165, 1.54) is 0 Å². The van der Waals surface area contributed by atoms with E-state index in [0.29, 0.717) is 12.4 Å². The van der Waals surface area contributed by atoms with Crippen LogP contribution in [-0.2, 0) is 17.2 Å². The van der Waals surface area contributed by atoms with Gasteiger partial charge in [-0.05, 0) is 26.0 Å². The predicted octanol–water partition coefficient (Wildman–Crippen LogP) is 2.56. The minimum absolute atomic E-state index is 0.0206. The molecule has 6 heteroatoms. The van der Waals surface area contributed by atoms with Gasteiger partial charge >= 0.3 is 0 Å². The van der Waals surface area contributed by atoms with Crippen molar-refractivity contribution in [1.29, 1.82) is 0 Å². The van der Waals surface area contributed by atoms with Crippen molar-refractivity contribution < 1.29 is 9.53 Å². The second-order valence-electron chi connectivity index (χ2n) is 5.57. The fourth-order valence-electron chi connectivity index (χ4n) is 2.36. The minimum atomic E-state index is -0.563. The summed E-state index contributed by atoms with van der Waals surface area (Å²) >= 11 is 6.00. The van der Waals surface area contributed by atoms with E-state index < -0.39 is 5.41 Å². The van der Waals surface area contributed by atoms with E-state index in [1.54, 1.807) is 14.2 Å². The van der Waals surface area contributed by atoms with E-state index in [9.17, 15) is 4.79 Å². The molecule has 1 heterocycles. The summed E-state index contributed by atoms with van der Waals surface area (Å²) in [5, 5.41) is 2.70. The number of ether oxygens (including phenoxy) is 1. The lowest BCUT2D eigenvalue weighted by Crippen LogP contribution is -2.38. The zero-order valence-corrected chi connectivity index (χ0v) is 13.5. The molecule has 0 saturated heterocycles. The van der Waals surface area contributed by atoms with Crippen LogP contribution in [0.1, 0.15) is 19.7 Å². The fraction of sp³-hybridized carbons (Fsp3) is 0.467. The number of methoxy groups -OCH3 is 1. The van der Waals surface area contributed by atoms with Gasteiger partial charge in [-0.1, -0.05) is 0 Å². The molecule has 0 atom stereocenters. The Kier molecular flexibility index (Phi) is 4.42. The Morgan fingerprint density at radius 1 is 1.48 bits per heavy atom. The molecule has 0 spiro atoms. The van der Waals surface area contributed by atoms with E-state index in [0.717, 1.165) is 22.6 Å². The molecule has 0 bridgehead atoms.